The number of carbonyl (C=O) groups excluding carboxylic acids is 1. The number of amides is 1. The van der Waals surface area contributed by atoms with E-state index in [1.165, 1.54) is 12.3 Å². The van der Waals surface area contributed by atoms with E-state index in [4.69, 9.17) is 11.0 Å². The molecule has 0 unspecified atom stereocenters. The monoisotopic (exact) mass is 266 g/mol. The molecule has 0 aliphatic carbocycles. The third-order valence-corrected chi connectivity index (χ3v) is 2.91. The van der Waals surface area contributed by atoms with Crippen molar-refractivity contribution < 1.29 is 4.79 Å². The zero-order valence-electron chi connectivity index (χ0n) is 11.1. The Labute approximate surface area is 117 Å². The van der Waals surface area contributed by atoms with Gasteiger partial charge in [0, 0.05) is 17.6 Å². The van der Waals surface area contributed by atoms with E-state index in [1.54, 1.807) is 18.2 Å². The second-order valence-electron chi connectivity index (χ2n) is 4.27. The van der Waals surface area contributed by atoms with Crippen molar-refractivity contribution in [2.45, 2.75) is 13.3 Å². The number of nitrogens with one attached hydrogen (secondary N) is 1. The molecular formula is C15H14N4O. The van der Waals surface area contributed by atoms with E-state index in [0.29, 0.717) is 16.9 Å². The van der Waals surface area contributed by atoms with Gasteiger partial charge >= 0.3 is 0 Å². The lowest BCUT2D eigenvalue weighted by Gasteiger charge is -2.08. The molecule has 100 valence electrons. The molecule has 0 atom stereocenters. The molecule has 0 spiro atoms. The van der Waals surface area contributed by atoms with Gasteiger partial charge in [0.15, 0.2) is 0 Å². The van der Waals surface area contributed by atoms with E-state index in [9.17, 15) is 4.79 Å². The Hall–Kier alpha value is -2.87. The number of benzene rings is 1. The van der Waals surface area contributed by atoms with Crippen molar-refractivity contribution in [3.8, 4) is 6.07 Å². The van der Waals surface area contributed by atoms with Gasteiger partial charge in [-0.25, -0.2) is 4.98 Å². The zero-order chi connectivity index (χ0) is 14.5. The summed E-state index contributed by atoms with van der Waals surface area (Å²) in [6.45, 7) is 2.02. The molecule has 0 radical (unpaired) electrons. The number of anilines is 2. The van der Waals surface area contributed by atoms with Gasteiger partial charge in [0.2, 0.25) is 0 Å². The Bertz CT molecular complexity index is 671. The van der Waals surface area contributed by atoms with E-state index < -0.39 is 0 Å². The summed E-state index contributed by atoms with van der Waals surface area (Å²) in [6.07, 6.45) is 2.21. The second kappa shape index (κ2) is 5.85. The van der Waals surface area contributed by atoms with Gasteiger partial charge in [0.1, 0.15) is 11.8 Å². The molecule has 2 rings (SSSR count). The van der Waals surface area contributed by atoms with Crippen LogP contribution >= 0.6 is 0 Å². The second-order valence-corrected chi connectivity index (χ2v) is 4.27. The molecule has 1 heterocycles. The summed E-state index contributed by atoms with van der Waals surface area (Å²) >= 11 is 0. The number of rotatable bonds is 3. The van der Waals surface area contributed by atoms with Crippen molar-refractivity contribution in [1.82, 2.24) is 4.98 Å². The lowest BCUT2D eigenvalue weighted by molar-refractivity contribution is 0.102. The van der Waals surface area contributed by atoms with Crippen molar-refractivity contribution in [3.05, 3.63) is 53.3 Å². The number of aryl methyl sites for hydroxylation is 1. The quantitative estimate of drug-likeness (QED) is 0.834. The summed E-state index contributed by atoms with van der Waals surface area (Å²) in [5.74, 6) is -0.335. The highest BCUT2D eigenvalue weighted by Crippen LogP contribution is 2.18. The highest BCUT2D eigenvalue weighted by atomic mass is 16.1. The first-order valence-electron chi connectivity index (χ1n) is 6.20. The minimum atomic E-state index is -0.335. The molecule has 1 aromatic carbocycles. The number of pyridine rings is 1. The largest absolute Gasteiger partial charge is 0.398 e. The predicted octanol–water partition coefficient (Wildman–Crippen LogP) is 2.35. The van der Waals surface area contributed by atoms with Gasteiger partial charge in [-0.15, -0.1) is 0 Å². The number of nitriles is 1. The lowest BCUT2D eigenvalue weighted by atomic mass is 10.1. The Kier molecular flexibility index (Phi) is 3.96. The van der Waals surface area contributed by atoms with Gasteiger partial charge in [-0.2, -0.15) is 5.26 Å². The van der Waals surface area contributed by atoms with Crippen LogP contribution in [0.3, 0.4) is 0 Å². The molecule has 5 heteroatoms. The molecule has 0 bridgehead atoms. The first-order valence-corrected chi connectivity index (χ1v) is 6.20. The van der Waals surface area contributed by atoms with E-state index in [2.05, 4.69) is 10.3 Å². The smallest absolute Gasteiger partial charge is 0.274 e. The van der Waals surface area contributed by atoms with E-state index in [0.717, 1.165) is 12.0 Å². The normalized spacial score (nSPS) is 9.80. The molecule has 2 aromatic rings. The molecular weight excluding hydrogens is 252 g/mol. The highest BCUT2D eigenvalue weighted by molar-refractivity contribution is 6.03. The van der Waals surface area contributed by atoms with E-state index in [-0.39, 0.29) is 11.6 Å². The van der Waals surface area contributed by atoms with Crippen LogP contribution in [0.1, 0.15) is 28.5 Å². The number of hydrogen-bond acceptors (Lipinski definition) is 4. The number of nitrogen functional groups attached to an aromatic ring is 1. The van der Waals surface area contributed by atoms with Crippen LogP contribution in [0.15, 0.2) is 36.5 Å². The molecule has 5 nitrogen and oxygen atoms in total. The van der Waals surface area contributed by atoms with Crippen molar-refractivity contribution in [2.24, 2.45) is 0 Å². The van der Waals surface area contributed by atoms with Gasteiger partial charge in [-0.3, -0.25) is 4.79 Å². The number of nitrogens with zero attached hydrogens (tertiary/aromatic N) is 2. The summed E-state index contributed by atoms with van der Waals surface area (Å²) < 4.78 is 0. The number of carbonyl (C=O) groups is 1. The minimum Gasteiger partial charge on any atom is -0.398 e. The minimum absolute atomic E-state index is 0.252. The van der Waals surface area contributed by atoms with Crippen LogP contribution in [0.5, 0.6) is 0 Å². The van der Waals surface area contributed by atoms with E-state index >= 15 is 0 Å². The summed E-state index contributed by atoms with van der Waals surface area (Å²) in [6, 6.07) is 10.4. The van der Waals surface area contributed by atoms with Gasteiger partial charge in [-0.05, 0) is 36.2 Å². The highest BCUT2D eigenvalue weighted by Gasteiger charge is 2.08. The van der Waals surface area contributed by atoms with Crippen molar-refractivity contribution in [1.29, 1.82) is 5.26 Å². The van der Waals surface area contributed by atoms with Crippen LogP contribution in [0, 0.1) is 11.3 Å². The first kappa shape index (κ1) is 13.6. The topological polar surface area (TPSA) is 91.8 Å². The standard InChI is InChI=1S/C15H14N4O/c1-2-11-4-5-12(7-13(11)17)19-15(20)14-6-3-10(8-16)9-18-14/h3-7,9H,2,17H2,1H3,(H,19,20). The molecule has 0 aliphatic rings. The predicted molar refractivity (Wildman–Crippen MR) is 77.1 cm³/mol. The van der Waals surface area contributed by atoms with Gasteiger partial charge < -0.3 is 11.1 Å². The molecule has 0 saturated carbocycles. The van der Waals surface area contributed by atoms with Crippen molar-refractivity contribution in [2.75, 3.05) is 11.1 Å². The number of nitrogens with two attached hydrogens (primary N) is 1. The Morgan fingerprint density at radius 1 is 1.40 bits per heavy atom. The molecule has 1 aromatic heterocycles. The van der Waals surface area contributed by atoms with Crippen LogP contribution in [0.2, 0.25) is 0 Å². The van der Waals surface area contributed by atoms with Gasteiger partial charge in [-0.1, -0.05) is 13.0 Å². The third kappa shape index (κ3) is 2.93. The van der Waals surface area contributed by atoms with Crippen LogP contribution in [-0.4, -0.2) is 10.9 Å². The number of hydrogen-bond donors (Lipinski definition) is 2. The van der Waals surface area contributed by atoms with E-state index in [1.807, 2.05) is 19.1 Å². The van der Waals surface area contributed by atoms with Crippen LogP contribution in [0.4, 0.5) is 11.4 Å². The first-order chi connectivity index (χ1) is 9.63. The van der Waals surface area contributed by atoms with Gasteiger partial charge in [0.05, 0.1) is 5.56 Å². The molecule has 3 N–H and O–H groups in total. The molecule has 1 amide bonds. The molecule has 0 saturated heterocycles. The zero-order valence-corrected chi connectivity index (χ0v) is 11.1. The number of aromatic nitrogens is 1. The van der Waals surface area contributed by atoms with Crippen molar-refractivity contribution >= 4 is 17.3 Å². The molecule has 0 aliphatic heterocycles. The average Bonchev–Trinajstić information content (AvgIpc) is 2.47. The Morgan fingerprint density at radius 3 is 2.75 bits per heavy atom. The summed E-state index contributed by atoms with van der Waals surface area (Å²) in [7, 11) is 0. The average molecular weight is 266 g/mol. The molecule has 20 heavy (non-hydrogen) atoms. The fourth-order valence-corrected chi connectivity index (χ4v) is 1.78. The molecule has 0 fully saturated rings. The maximum Gasteiger partial charge on any atom is 0.274 e. The van der Waals surface area contributed by atoms with Gasteiger partial charge in [0.25, 0.3) is 5.91 Å². The maximum atomic E-state index is 12.0. The van der Waals surface area contributed by atoms with Crippen LogP contribution in [-0.2, 0) is 6.42 Å². The fraction of sp³-hybridized carbons (Fsp3) is 0.133. The Morgan fingerprint density at radius 2 is 2.20 bits per heavy atom. The fourth-order valence-electron chi connectivity index (χ4n) is 1.78. The third-order valence-electron chi connectivity index (χ3n) is 2.91. The van der Waals surface area contributed by atoms with Crippen LogP contribution in [0.25, 0.3) is 0 Å². The summed E-state index contributed by atoms with van der Waals surface area (Å²) in [5.41, 5.74) is 8.86. The van der Waals surface area contributed by atoms with Crippen LogP contribution < -0.4 is 11.1 Å². The van der Waals surface area contributed by atoms with Crippen molar-refractivity contribution in [3.63, 3.8) is 0 Å². The SMILES string of the molecule is CCc1ccc(NC(=O)c2ccc(C#N)cn2)cc1N. The lowest BCUT2D eigenvalue weighted by Crippen LogP contribution is -2.13. The summed E-state index contributed by atoms with van der Waals surface area (Å²) in [5, 5.41) is 11.4. The Balaban J connectivity index is 2.14. The summed E-state index contributed by atoms with van der Waals surface area (Å²) in [4.78, 5) is 15.9. The maximum absolute atomic E-state index is 12.0.